The Morgan fingerprint density at radius 3 is 2.68 bits per heavy atom. The van der Waals surface area contributed by atoms with Crippen LogP contribution in [0.2, 0.25) is 0 Å². The summed E-state index contributed by atoms with van der Waals surface area (Å²) >= 11 is 0. The first kappa shape index (κ1) is 16.6. The lowest BCUT2D eigenvalue weighted by Crippen LogP contribution is -2.40. The molecule has 4 heteroatoms. The minimum atomic E-state index is 0.264. The van der Waals surface area contributed by atoms with Crippen molar-refractivity contribution >= 4 is 16.7 Å². The molecule has 0 N–H and O–H groups in total. The second kappa shape index (κ2) is 7.54. The van der Waals surface area contributed by atoms with Crippen LogP contribution in [0, 0.1) is 5.92 Å². The van der Waals surface area contributed by atoms with Crippen molar-refractivity contribution < 1.29 is 9.53 Å². The molecule has 1 amide bonds. The van der Waals surface area contributed by atoms with Gasteiger partial charge in [0.25, 0.3) is 0 Å². The molecule has 2 saturated heterocycles. The molecule has 2 aliphatic heterocycles. The molecule has 4 nitrogen and oxygen atoms in total. The number of nitrogens with zero attached hydrogens (tertiary/aromatic N) is 2. The largest absolute Gasteiger partial charge is 0.379 e. The van der Waals surface area contributed by atoms with E-state index in [1.165, 1.54) is 10.8 Å². The fourth-order valence-corrected chi connectivity index (χ4v) is 3.99. The standard InChI is InChI=1S/C21H26N2O2/c24-21(14-17-5-6-19-3-1-2-4-20(19)13-17)23-8-7-18(16-23)15-22-9-11-25-12-10-22/h1-6,13,18H,7-12,14-16H2. The zero-order chi connectivity index (χ0) is 17.1. The lowest BCUT2D eigenvalue weighted by atomic mass is 10.0. The van der Waals surface area contributed by atoms with Crippen LogP contribution in [-0.2, 0) is 16.0 Å². The molecule has 1 unspecified atom stereocenters. The third-order valence-electron chi connectivity index (χ3n) is 5.43. The lowest BCUT2D eigenvalue weighted by molar-refractivity contribution is -0.129. The number of carbonyl (C=O) groups is 1. The smallest absolute Gasteiger partial charge is 0.226 e. The second-order valence-electron chi connectivity index (χ2n) is 7.27. The molecule has 25 heavy (non-hydrogen) atoms. The van der Waals surface area contributed by atoms with E-state index >= 15 is 0 Å². The molecule has 0 bridgehead atoms. The third-order valence-corrected chi connectivity index (χ3v) is 5.43. The van der Waals surface area contributed by atoms with Gasteiger partial charge in [0.05, 0.1) is 19.6 Å². The minimum absolute atomic E-state index is 0.264. The van der Waals surface area contributed by atoms with Crippen molar-refractivity contribution in [3.05, 3.63) is 48.0 Å². The van der Waals surface area contributed by atoms with E-state index in [2.05, 4.69) is 40.1 Å². The van der Waals surface area contributed by atoms with Crippen LogP contribution in [0.5, 0.6) is 0 Å². The molecule has 2 aliphatic rings. The Morgan fingerprint density at radius 1 is 1.04 bits per heavy atom. The van der Waals surface area contributed by atoms with Gasteiger partial charge in [-0.15, -0.1) is 0 Å². The Labute approximate surface area is 149 Å². The average molecular weight is 338 g/mol. The molecule has 2 heterocycles. The average Bonchev–Trinajstić information content (AvgIpc) is 3.11. The van der Waals surface area contributed by atoms with Gasteiger partial charge in [-0.25, -0.2) is 0 Å². The van der Waals surface area contributed by atoms with E-state index in [9.17, 15) is 4.79 Å². The van der Waals surface area contributed by atoms with Crippen molar-refractivity contribution in [3.8, 4) is 0 Å². The number of likely N-dealkylation sites (tertiary alicyclic amines) is 1. The van der Waals surface area contributed by atoms with Gasteiger partial charge in [-0.1, -0.05) is 42.5 Å². The van der Waals surface area contributed by atoms with Crippen molar-refractivity contribution in [1.82, 2.24) is 9.80 Å². The maximum absolute atomic E-state index is 12.7. The molecule has 1 atom stereocenters. The van der Waals surface area contributed by atoms with Crippen LogP contribution in [0.25, 0.3) is 10.8 Å². The number of morpholine rings is 1. The van der Waals surface area contributed by atoms with E-state index in [4.69, 9.17) is 4.74 Å². The minimum Gasteiger partial charge on any atom is -0.379 e. The summed E-state index contributed by atoms with van der Waals surface area (Å²) in [7, 11) is 0. The maximum Gasteiger partial charge on any atom is 0.226 e. The molecular weight excluding hydrogens is 312 g/mol. The predicted octanol–water partition coefficient (Wildman–Crippen LogP) is 2.56. The summed E-state index contributed by atoms with van der Waals surface area (Å²) in [5, 5.41) is 2.44. The fourth-order valence-electron chi connectivity index (χ4n) is 3.99. The third kappa shape index (κ3) is 4.02. The normalized spacial score (nSPS) is 21.8. The summed E-state index contributed by atoms with van der Waals surface area (Å²) in [5.74, 6) is 0.874. The Hall–Kier alpha value is -1.91. The molecule has 0 radical (unpaired) electrons. The Bertz CT molecular complexity index is 740. The number of benzene rings is 2. The molecular formula is C21H26N2O2. The van der Waals surface area contributed by atoms with Crippen LogP contribution < -0.4 is 0 Å². The van der Waals surface area contributed by atoms with Crippen LogP contribution in [0.3, 0.4) is 0 Å². The molecule has 2 aromatic carbocycles. The number of ether oxygens (including phenoxy) is 1. The number of rotatable bonds is 4. The summed E-state index contributed by atoms with van der Waals surface area (Å²) in [5.41, 5.74) is 1.11. The topological polar surface area (TPSA) is 32.8 Å². The molecule has 132 valence electrons. The quantitative estimate of drug-likeness (QED) is 0.859. The van der Waals surface area contributed by atoms with Gasteiger partial charge in [0.15, 0.2) is 0 Å². The van der Waals surface area contributed by atoms with E-state index in [0.717, 1.165) is 57.9 Å². The number of hydrogen-bond donors (Lipinski definition) is 0. The fraction of sp³-hybridized carbons (Fsp3) is 0.476. The van der Waals surface area contributed by atoms with Crippen LogP contribution >= 0.6 is 0 Å². The van der Waals surface area contributed by atoms with Crippen molar-refractivity contribution in [3.63, 3.8) is 0 Å². The van der Waals surface area contributed by atoms with Crippen LogP contribution in [0.4, 0.5) is 0 Å². The van der Waals surface area contributed by atoms with Gasteiger partial charge in [0, 0.05) is 32.7 Å². The highest BCUT2D eigenvalue weighted by molar-refractivity contribution is 5.85. The molecule has 2 fully saturated rings. The van der Waals surface area contributed by atoms with Crippen molar-refractivity contribution in [1.29, 1.82) is 0 Å². The maximum atomic E-state index is 12.7. The van der Waals surface area contributed by atoms with Gasteiger partial charge in [0.2, 0.25) is 5.91 Å². The van der Waals surface area contributed by atoms with Gasteiger partial charge in [-0.2, -0.15) is 0 Å². The highest BCUT2D eigenvalue weighted by Crippen LogP contribution is 2.21. The van der Waals surface area contributed by atoms with E-state index in [1.54, 1.807) is 0 Å². The van der Waals surface area contributed by atoms with E-state index in [1.807, 2.05) is 12.1 Å². The van der Waals surface area contributed by atoms with Gasteiger partial charge < -0.3 is 9.64 Å². The van der Waals surface area contributed by atoms with E-state index in [-0.39, 0.29) is 5.91 Å². The van der Waals surface area contributed by atoms with Crippen molar-refractivity contribution in [2.24, 2.45) is 5.92 Å². The summed E-state index contributed by atoms with van der Waals surface area (Å²) in [6.07, 6.45) is 1.63. The van der Waals surface area contributed by atoms with Gasteiger partial charge in [-0.3, -0.25) is 9.69 Å². The van der Waals surface area contributed by atoms with E-state index < -0.39 is 0 Å². The van der Waals surface area contributed by atoms with Crippen molar-refractivity contribution in [2.45, 2.75) is 12.8 Å². The first-order valence-corrected chi connectivity index (χ1v) is 9.33. The summed E-state index contributed by atoms with van der Waals surface area (Å²) in [6.45, 7) is 6.66. The second-order valence-corrected chi connectivity index (χ2v) is 7.27. The molecule has 0 spiro atoms. The lowest BCUT2D eigenvalue weighted by Gasteiger charge is -2.29. The monoisotopic (exact) mass is 338 g/mol. The van der Waals surface area contributed by atoms with Gasteiger partial charge >= 0.3 is 0 Å². The molecule has 4 rings (SSSR count). The first-order chi connectivity index (χ1) is 12.3. The summed E-state index contributed by atoms with van der Waals surface area (Å²) in [6, 6.07) is 14.7. The Kier molecular flexibility index (Phi) is 4.99. The Balaban J connectivity index is 1.33. The predicted molar refractivity (Wildman–Crippen MR) is 99.6 cm³/mol. The van der Waals surface area contributed by atoms with Gasteiger partial charge in [-0.05, 0) is 28.7 Å². The van der Waals surface area contributed by atoms with Crippen molar-refractivity contribution in [2.75, 3.05) is 45.9 Å². The highest BCUT2D eigenvalue weighted by atomic mass is 16.5. The SMILES string of the molecule is O=C(Cc1ccc2ccccc2c1)N1CCC(CN2CCOCC2)C1. The zero-order valence-electron chi connectivity index (χ0n) is 14.7. The van der Waals surface area contributed by atoms with Crippen LogP contribution in [-0.4, -0.2) is 61.6 Å². The zero-order valence-corrected chi connectivity index (χ0v) is 14.7. The Morgan fingerprint density at radius 2 is 1.84 bits per heavy atom. The van der Waals surface area contributed by atoms with E-state index in [0.29, 0.717) is 12.3 Å². The first-order valence-electron chi connectivity index (χ1n) is 9.33. The van der Waals surface area contributed by atoms with Gasteiger partial charge in [0.1, 0.15) is 0 Å². The van der Waals surface area contributed by atoms with Crippen LogP contribution in [0.15, 0.2) is 42.5 Å². The number of hydrogen-bond acceptors (Lipinski definition) is 3. The number of amides is 1. The molecule has 0 saturated carbocycles. The summed E-state index contributed by atoms with van der Waals surface area (Å²) < 4.78 is 5.41. The number of fused-ring (bicyclic) bond motifs is 1. The molecule has 0 aliphatic carbocycles. The van der Waals surface area contributed by atoms with Crippen LogP contribution in [0.1, 0.15) is 12.0 Å². The molecule has 0 aromatic heterocycles. The number of carbonyl (C=O) groups excluding carboxylic acids is 1. The highest BCUT2D eigenvalue weighted by Gasteiger charge is 2.28. The molecule has 2 aromatic rings. The summed E-state index contributed by atoms with van der Waals surface area (Å²) in [4.78, 5) is 17.2.